The quantitative estimate of drug-likeness (QED) is 0.427. The molecule has 0 atom stereocenters. The molecule has 1 aliphatic rings. The van der Waals surface area contributed by atoms with Crippen LogP contribution in [0.25, 0.3) is 10.9 Å². The highest BCUT2D eigenvalue weighted by molar-refractivity contribution is 7.89. The van der Waals surface area contributed by atoms with Gasteiger partial charge in [0, 0.05) is 48.7 Å². The Kier molecular flexibility index (Phi) is 7.57. The number of aromatic nitrogens is 1. The van der Waals surface area contributed by atoms with Crippen molar-refractivity contribution in [3.63, 3.8) is 0 Å². The van der Waals surface area contributed by atoms with Gasteiger partial charge in [0.1, 0.15) is 10.0 Å². The Balaban J connectivity index is 1.68. The van der Waals surface area contributed by atoms with Gasteiger partial charge in [-0.2, -0.15) is 4.31 Å². The number of rotatable bonds is 7. The van der Waals surface area contributed by atoms with Gasteiger partial charge in [-0.25, -0.2) is 13.4 Å². The molecule has 1 aromatic heterocycles. The van der Waals surface area contributed by atoms with E-state index in [0.29, 0.717) is 30.3 Å². The third kappa shape index (κ3) is 5.37. The summed E-state index contributed by atoms with van der Waals surface area (Å²) in [6, 6.07) is 13.9. The Morgan fingerprint density at radius 2 is 1.78 bits per heavy atom. The molecule has 2 heterocycles. The summed E-state index contributed by atoms with van der Waals surface area (Å²) in [5, 5.41) is 1.57. The molecule has 0 unspecified atom stereocenters. The number of morpholine rings is 1. The number of halogens is 3. The van der Waals surface area contributed by atoms with Gasteiger partial charge in [-0.05, 0) is 30.3 Å². The topological polar surface area (TPSA) is 62.7 Å². The van der Waals surface area contributed by atoms with Crippen LogP contribution in [0.3, 0.4) is 0 Å². The van der Waals surface area contributed by atoms with Gasteiger partial charge in [0.05, 0.1) is 23.8 Å². The molecule has 170 valence electrons. The van der Waals surface area contributed by atoms with E-state index in [4.69, 9.17) is 39.5 Å². The van der Waals surface area contributed by atoms with Gasteiger partial charge in [-0.15, -0.1) is 0 Å². The Morgan fingerprint density at radius 1 is 1.03 bits per heavy atom. The van der Waals surface area contributed by atoms with Gasteiger partial charge >= 0.3 is 0 Å². The zero-order chi connectivity index (χ0) is 22.7. The number of benzene rings is 2. The van der Waals surface area contributed by atoms with Crippen molar-refractivity contribution in [1.82, 2.24) is 14.2 Å². The van der Waals surface area contributed by atoms with Crippen LogP contribution in [-0.2, 0) is 21.3 Å². The second kappa shape index (κ2) is 10.2. The highest BCUT2D eigenvalue weighted by Crippen LogP contribution is 2.30. The summed E-state index contributed by atoms with van der Waals surface area (Å²) in [5.74, 6) is 0. The van der Waals surface area contributed by atoms with Crippen molar-refractivity contribution in [3.8, 4) is 0 Å². The highest BCUT2D eigenvalue weighted by atomic mass is 35.5. The first-order chi connectivity index (χ1) is 15.3. The average molecular weight is 515 g/mol. The molecular weight excluding hydrogens is 493 g/mol. The first kappa shape index (κ1) is 23.7. The molecule has 0 N–H and O–H groups in total. The number of sulfonamides is 1. The van der Waals surface area contributed by atoms with E-state index in [-0.39, 0.29) is 28.2 Å². The predicted molar refractivity (Wildman–Crippen MR) is 128 cm³/mol. The number of para-hydroxylation sites is 1. The fourth-order valence-electron chi connectivity index (χ4n) is 3.61. The maximum atomic E-state index is 13.6. The summed E-state index contributed by atoms with van der Waals surface area (Å²) in [6.45, 7) is 3.65. The fraction of sp³-hybridized carbons (Fsp3) is 0.318. The van der Waals surface area contributed by atoms with Gasteiger partial charge in [-0.3, -0.25) is 4.90 Å². The number of fused-ring (bicyclic) bond motifs is 1. The molecule has 2 aromatic carbocycles. The molecule has 3 aromatic rings. The molecule has 0 saturated carbocycles. The fourth-order valence-corrected chi connectivity index (χ4v) is 5.96. The molecule has 0 spiro atoms. The van der Waals surface area contributed by atoms with Crippen LogP contribution in [0.4, 0.5) is 0 Å². The van der Waals surface area contributed by atoms with E-state index in [1.165, 1.54) is 16.4 Å². The largest absolute Gasteiger partial charge is 0.379 e. The molecule has 0 bridgehead atoms. The van der Waals surface area contributed by atoms with Crippen molar-refractivity contribution in [3.05, 3.63) is 69.3 Å². The van der Waals surface area contributed by atoms with Crippen LogP contribution in [-0.4, -0.2) is 62.0 Å². The Hall–Kier alpha value is -1.45. The lowest BCUT2D eigenvalue weighted by molar-refractivity contribution is 0.0361. The van der Waals surface area contributed by atoms with Crippen molar-refractivity contribution in [1.29, 1.82) is 0 Å². The normalized spacial score (nSPS) is 15.5. The Labute approximate surface area is 202 Å². The molecular formula is C22H22Cl3N3O3S. The monoisotopic (exact) mass is 513 g/mol. The third-order valence-corrected chi connectivity index (χ3v) is 8.27. The number of hydrogen-bond donors (Lipinski definition) is 0. The van der Waals surface area contributed by atoms with E-state index in [1.54, 1.807) is 6.07 Å². The van der Waals surface area contributed by atoms with E-state index in [0.717, 1.165) is 24.0 Å². The van der Waals surface area contributed by atoms with E-state index in [1.807, 2.05) is 30.3 Å². The molecule has 0 amide bonds. The standard InChI is InChI=1S/C22H22Cl3N3O3S/c23-18-5-6-19(24)21(14-18)32(29,30)28(8-7-27-9-11-31-12-10-27)15-17-13-16-3-1-2-4-20(16)26-22(17)25/h1-6,13-14H,7-12,15H2. The van der Waals surface area contributed by atoms with Crippen molar-refractivity contribution in [2.24, 2.45) is 0 Å². The van der Waals surface area contributed by atoms with Gasteiger partial charge < -0.3 is 4.74 Å². The lowest BCUT2D eigenvalue weighted by atomic mass is 10.1. The van der Waals surface area contributed by atoms with Crippen molar-refractivity contribution in [2.75, 3.05) is 39.4 Å². The zero-order valence-electron chi connectivity index (χ0n) is 17.2. The minimum Gasteiger partial charge on any atom is -0.379 e. The summed E-state index contributed by atoms with van der Waals surface area (Å²) >= 11 is 18.8. The van der Waals surface area contributed by atoms with E-state index < -0.39 is 10.0 Å². The van der Waals surface area contributed by atoms with E-state index in [2.05, 4.69) is 9.88 Å². The maximum Gasteiger partial charge on any atom is 0.244 e. The van der Waals surface area contributed by atoms with Crippen LogP contribution in [0.2, 0.25) is 15.2 Å². The van der Waals surface area contributed by atoms with Crippen LogP contribution < -0.4 is 0 Å². The summed E-state index contributed by atoms with van der Waals surface area (Å²) in [7, 11) is -3.95. The smallest absolute Gasteiger partial charge is 0.244 e. The van der Waals surface area contributed by atoms with E-state index >= 15 is 0 Å². The number of hydrogen-bond acceptors (Lipinski definition) is 5. The number of pyridine rings is 1. The lowest BCUT2D eigenvalue weighted by Gasteiger charge is -2.30. The SMILES string of the molecule is O=S(=O)(c1cc(Cl)ccc1Cl)N(CCN1CCOCC1)Cc1cc2ccccc2nc1Cl. The molecule has 0 radical (unpaired) electrons. The van der Waals surface area contributed by atoms with Crippen molar-refractivity contribution in [2.45, 2.75) is 11.4 Å². The van der Waals surface area contributed by atoms with Crippen LogP contribution in [0.15, 0.2) is 53.4 Å². The summed E-state index contributed by atoms with van der Waals surface area (Å²) in [6.07, 6.45) is 0. The highest BCUT2D eigenvalue weighted by Gasteiger charge is 2.29. The minimum absolute atomic E-state index is 0.0292. The minimum atomic E-state index is -3.95. The van der Waals surface area contributed by atoms with Crippen LogP contribution in [0.1, 0.15) is 5.56 Å². The second-order valence-electron chi connectivity index (χ2n) is 7.50. The molecule has 0 aliphatic carbocycles. The van der Waals surface area contributed by atoms with Gasteiger partial charge in [0.15, 0.2) is 0 Å². The lowest BCUT2D eigenvalue weighted by Crippen LogP contribution is -2.43. The van der Waals surface area contributed by atoms with Crippen molar-refractivity contribution < 1.29 is 13.2 Å². The van der Waals surface area contributed by atoms with Crippen molar-refractivity contribution >= 4 is 55.7 Å². The average Bonchev–Trinajstić information content (AvgIpc) is 2.79. The molecule has 32 heavy (non-hydrogen) atoms. The summed E-state index contributed by atoms with van der Waals surface area (Å²) in [5.41, 5.74) is 1.37. The van der Waals surface area contributed by atoms with Crippen LogP contribution in [0, 0.1) is 0 Å². The van der Waals surface area contributed by atoms with Crippen LogP contribution >= 0.6 is 34.8 Å². The second-order valence-corrected chi connectivity index (χ2v) is 10.6. The zero-order valence-corrected chi connectivity index (χ0v) is 20.3. The molecule has 10 heteroatoms. The molecule has 4 rings (SSSR count). The Bertz CT molecular complexity index is 1220. The third-order valence-electron chi connectivity index (χ3n) is 5.38. The van der Waals surface area contributed by atoms with Gasteiger partial charge in [0.2, 0.25) is 10.0 Å². The molecule has 1 aliphatic heterocycles. The number of ether oxygens (including phenoxy) is 1. The molecule has 1 fully saturated rings. The first-order valence-electron chi connectivity index (χ1n) is 10.1. The van der Waals surface area contributed by atoms with Gasteiger partial charge in [-0.1, -0.05) is 53.0 Å². The molecule has 6 nitrogen and oxygen atoms in total. The van der Waals surface area contributed by atoms with Crippen LogP contribution in [0.5, 0.6) is 0 Å². The molecule has 1 saturated heterocycles. The summed E-state index contributed by atoms with van der Waals surface area (Å²) in [4.78, 5) is 6.58. The maximum absolute atomic E-state index is 13.6. The van der Waals surface area contributed by atoms with Gasteiger partial charge in [0.25, 0.3) is 0 Å². The summed E-state index contributed by atoms with van der Waals surface area (Å²) < 4.78 is 34.0. The first-order valence-corrected chi connectivity index (χ1v) is 12.7. The number of nitrogens with zero attached hydrogens (tertiary/aromatic N) is 3. The predicted octanol–water partition coefficient (Wildman–Crippen LogP) is 4.72. The van der Waals surface area contributed by atoms with E-state index in [9.17, 15) is 8.42 Å². The Morgan fingerprint density at radius 3 is 2.56 bits per heavy atom.